The third-order valence-electron chi connectivity index (χ3n) is 3.88. The summed E-state index contributed by atoms with van der Waals surface area (Å²) < 4.78 is 2.09. The zero-order chi connectivity index (χ0) is 15.5. The van der Waals surface area contributed by atoms with Crippen molar-refractivity contribution in [2.24, 2.45) is 7.05 Å². The number of hydrogen-bond acceptors (Lipinski definition) is 2. The molecule has 1 heterocycles. The summed E-state index contributed by atoms with van der Waals surface area (Å²) in [7, 11) is 2.05. The van der Waals surface area contributed by atoms with Gasteiger partial charge in [0, 0.05) is 19.4 Å². The van der Waals surface area contributed by atoms with E-state index in [0.717, 1.165) is 18.8 Å². The molecule has 0 aliphatic heterocycles. The molecule has 0 fully saturated rings. The molecule has 0 saturated carbocycles. The molecule has 1 atom stereocenters. The number of likely N-dealkylation sites (N-methyl/N-ethyl adjacent to an activating group) is 1. The summed E-state index contributed by atoms with van der Waals surface area (Å²) >= 11 is 0. The zero-order valence-corrected chi connectivity index (χ0v) is 13.9. The molecular formula is C18H27N3. The van der Waals surface area contributed by atoms with Gasteiger partial charge >= 0.3 is 0 Å². The average Bonchev–Trinajstić information content (AvgIpc) is 2.84. The van der Waals surface area contributed by atoms with Crippen molar-refractivity contribution in [1.29, 1.82) is 0 Å². The summed E-state index contributed by atoms with van der Waals surface area (Å²) in [4.78, 5) is 4.49. The van der Waals surface area contributed by atoms with Crippen LogP contribution in [0.1, 0.15) is 50.7 Å². The average molecular weight is 285 g/mol. The molecule has 3 heteroatoms. The summed E-state index contributed by atoms with van der Waals surface area (Å²) in [6.45, 7) is 9.82. The molecule has 1 aromatic carbocycles. The predicted molar refractivity (Wildman–Crippen MR) is 88.5 cm³/mol. The maximum absolute atomic E-state index is 4.49. The molecule has 0 bridgehead atoms. The molecule has 0 amide bonds. The maximum atomic E-state index is 4.49. The normalized spacial score (nSPS) is 13.4. The van der Waals surface area contributed by atoms with Gasteiger partial charge in [-0.2, -0.15) is 0 Å². The standard InChI is InChI=1S/C18H27N3/c1-6-19-16(17-20-11-12-21(17)5)13-14-7-9-15(10-8-14)18(2,3)4/h7-12,16,19H,6,13H2,1-5H3. The van der Waals surface area contributed by atoms with E-state index in [0.29, 0.717) is 0 Å². The largest absolute Gasteiger partial charge is 0.337 e. The van der Waals surface area contributed by atoms with Crippen molar-refractivity contribution in [3.8, 4) is 0 Å². The Bertz CT molecular complexity index is 561. The van der Waals surface area contributed by atoms with E-state index in [1.165, 1.54) is 11.1 Å². The van der Waals surface area contributed by atoms with Crippen molar-refractivity contribution in [3.63, 3.8) is 0 Å². The number of aromatic nitrogens is 2. The van der Waals surface area contributed by atoms with Gasteiger partial charge in [-0.3, -0.25) is 0 Å². The van der Waals surface area contributed by atoms with Crippen LogP contribution in [0.15, 0.2) is 36.7 Å². The van der Waals surface area contributed by atoms with Crippen molar-refractivity contribution in [3.05, 3.63) is 53.6 Å². The SMILES string of the molecule is CCNC(Cc1ccc(C(C)(C)C)cc1)c1nccn1C. The Morgan fingerprint density at radius 2 is 1.86 bits per heavy atom. The molecule has 2 rings (SSSR count). The third-order valence-corrected chi connectivity index (χ3v) is 3.88. The molecule has 1 unspecified atom stereocenters. The molecular weight excluding hydrogens is 258 g/mol. The lowest BCUT2D eigenvalue weighted by Crippen LogP contribution is -2.25. The monoisotopic (exact) mass is 285 g/mol. The fourth-order valence-electron chi connectivity index (χ4n) is 2.59. The van der Waals surface area contributed by atoms with Crippen LogP contribution >= 0.6 is 0 Å². The summed E-state index contributed by atoms with van der Waals surface area (Å²) in [5.41, 5.74) is 2.93. The lowest BCUT2D eigenvalue weighted by molar-refractivity contribution is 0.506. The van der Waals surface area contributed by atoms with Gasteiger partial charge in [0.25, 0.3) is 0 Å². The first kappa shape index (κ1) is 15.8. The van der Waals surface area contributed by atoms with E-state index in [4.69, 9.17) is 0 Å². The van der Waals surface area contributed by atoms with Crippen LogP contribution in [0.25, 0.3) is 0 Å². The lowest BCUT2D eigenvalue weighted by Gasteiger charge is -2.21. The molecule has 2 aromatic rings. The van der Waals surface area contributed by atoms with Gasteiger partial charge in [-0.25, -0.2) is 4.98 Å². The van der Waals surface area contributed by atoms with E-state index in [1.807, 2.05) is 12.4 Å². The first-order valence-electron chi connectivity index (χ1n) is 7.72. The zero-order valence-electron chi connectivity index (χ0n) is 13.9. The maximum Gasteiger partial charge on any atom is 0.125 e. The number of benzene rings is 1. The summed E-state index contributed by atoms with van der Waals surface area (Å²) in [5.74, 6) is 1.09. The number of nitrogens with zero attached hydrogens (tertiary/aromatic N) is 2. The number of imidazole rings is 1. The van der Waals surface area contributed by atoms with Gasteiger partial charge in [0.05, 0.1) is 6.04 Å². The second-order valence-corrected chi connectivity index (χ2v) is 6.66. The highest BCUT2D eigenvalue weighted by Crippen LogP contribution is 2.24. The molecule has 114 valence electrons. The van der Waals surface area contributed by atoms with Crippen molar-refractivity contribution in [2.45, 2.75) is 45.6 Å². The second-order valence-electron chi connectivity index (χ2n) is 6.66. The summed E-state index contributed by atoms with van der Waals surface area (Å²) in [6, 6.07) is 9.24. The first-order chi connectivity index (χ1) is 9.91. The Hall–Kier alpha value is -1.61. The Morgan fingerprint density at radius 1 is 1.19 bits per heavy atom. The minimum absolute atomic E-state index is 0.208. The molecule has 21 heavy (non-hydrogen) atoms. The minimum Gasteiger partial charge on any atom is -0.337 e. The van der Waals surface area contributed by atoms with Gasteiger partial charge in [0.2, 0.25) is 0 Å². The predicted octanol–water partition coefficient (Wildman–Crippen LogP) is 3.61. The number of hydrogen-bond donors (Lipinski definition) is 1. The van der Waals surface area contributed by atoms with Crippen molar-refractivity contribution >= 4 is 0 Å². The molecule has 3 nitrogen and oxygen atoms in total. The van der Waals surface area contributed by atoms with Gasteiger partial charge in [0.15, 0.2) is 0 Å². The lowest BCUT2D eigenvalue weighted by atomic mass is 9.86. The first-order valence-corrected chi connectivity index (χ1v) is 7.72. The van der Waals surface area contributed by atoms with Gasteiger partial charge in [-0.15, -0.1) is 0 Å². The highest BCUT2D eigenvalue weighted by Gasteiger charge is 2.17. The van der Waals surface area contributed by atoms with E-state index >= 15 is 0 Å². The van der Waals surface area contributed by atoms with E-state index < -0.39 is 0 Å². The third kappa shape index (κ3) is 3.94. The smallest absolute Gasteiger partial charge is 0.125 e. The van der Waals surface area contributed by atoms with Crippen LogP contribution in [0, 0.1) is 0 Å². The Labute approximate surface area is 128 Å². The van der Waals surface area contributed by atoms with Crippen LogP contribution in [0.2, 0.25) is 0 Å². The Kier molecular flexibility index (Phi) is 4.84. The topological polar surface area (TPSA) is 29.9 Å². The molecule has 0 saturated heterocycles. The van der Waals surface area contributed by atoms with Gasteiger partial charge in [-0.1, -0.05) is 52.0 Å². The van der Waals surface area contributed by atoms with E-state index in [9.17, 15) is 0 Å². The van der Waals surface area contributed by atoms with Crippen LogP contribution in [0.5, 0.6) is 0 Å². The highest BCUT2D eigenvalue weighted by molar-refractivity contribution is 5.28. The summed E-state index contributed by atoms with van der Waals surface area (Å²) in [5, 5.41) is 3.54. The Morgan fingerprint density at radius 3 is 2.33 bits per heavy atom. The van der Waals surface area contributed by atoms with Crippen LogP contribution in [0.3, 0.4) is 0 Å². The highest BCUT2D eigenvalue weighted by atomic mass is 15.1. The quantitative estimate of drug-likeness (QED) is 0.909. The van der Waals surface area contributed by atoms with Gasteiger partial charge < -0.3 is 9.88 Å². The molecule has 0 aliphatic rings. The van der Waals surface area contributed by atoms with Crippen molar-refractivity contribution < 1.29 is 0 Å². The molecule has 1 aromatic heterocycles. The van der Waals surface area contributed by atoms with Crippen LogP contribution in [-0.4, -0.2) is 16.1 Å². The van der Waals surface area contributed by atoms with Crippen LogP contribution < -0.4 is 5.32 Å². The molecule has 1 N–H and O–H groups in total. The Balaban J connectivity index is 2.16. The van der Waals surface area contributed by atoms with Gasteiger partial charge in [-0.05, 0) is 29.5 Å². The fourth-order valence-corrected chi connectivity index (χ4v) is 2.59. The number of aryl methyl sites for hydroxylation is 1. The summed E-state index contributed by atoms with van der Waals surface area (Å²) in [6.07, 6.45) is 4.83. The molecule has 0 radical (unpaired) electrons. The number of nitrogens with one attached hydrogen (secondary N) is 1. The van der Waals surface area contributed by atoms with Crippen LogP contribution in [0.4, 0.5) is 0 Å². The van der Waals surface area contributed by atoms with Crippen LogP contribution in [-0.2, 0) is 18.9 Å². The minimum atomic E-state index is 0.208. The van der Waals surface area contributed by atoms with Crippen molar-refractivity contribution in [1.82, 2.24) is 14.9 Å². The second kappa shape index (κ2) is 6.44. The number of rotatable bonds is 5. The fraction of sp³-hybridized carbons (Fsp3) is 0.500. The van der Waals surface area contributed by atoms with E-state index in [2.05, 4.69) is 73.9 Å². The molecule has 0 spiro atoms. The van der Waals surface area contributed by atoms with E-state index in [-0.39, 0.29) is 11.5 Å². The van der Waals surface area contributed by atoms with Gasteiger partial charge in [0.1, 0.15) is 5.82 Å². The van der Waals surface area contributed by atoms with E-state index in [1.54, 1.807) is 0 Å². The van der Waals surface area contributed by atoms with Crippen molar-refractivity contribution in [2.75, 3.05) is 6.54 Å². The molecule has 0 aliphatic carbocycles.